The average Bonchev–Trinajstić information content (AvgIpc) is 2.80. The van der Waals surface area contributed by atoms with E-state index >= 15 is 0 Å². The number of ketones is 1. The van der Waals surface area contributed by atoms with E-state index in [0.717, 1.165) is 41.7 Å². The molecule has 3 aromatic carbocycles. The summed E-state index contributed by atoms with van der Waals surface area (Å²) >= 11 is 0. The van der Waals surface area contributed by atoms with Gasteiger partial charge >= 0.3 is 0 Å². The summed E-state index contributed by atoms with van der Waals surface area (Å²) < 4.78 is 27.8. The molecule has 160 valence electrons. The Balaban J connectivity index is 1.49. The zero-order valence-electron chi connectivity index (χ0n) is 17.8. The first kappa shape index (κ1) is 21.6. The number of Topliss-reactive ketones (excluding diaryl/α,β-unsaturated/α-hetero) is 1. The molecule has 0 spiro atoms. The van der Waals surface area contributed by atoms with Gasteiger partial charge in [-0.05, 0) is 71.3 Å². The number of carbonyl (C=O) groups excluding carboxylic acids is 1. The fourth-order valence-corrected chi connectivity index (χ4v) is 3.81. The van der Waals surface area contributed by atoms with Crippen molar-refractivity contribution in [1.29, 1.82) is 0 Å². The smallest absolute Gasteiger partial charge is 0.173 e. The highest BCUT2D eigenvalue weighted by Crippen LogP contribution is 2.26. The lowest BCUT2D eigenvalue weighted by Gasteiger charge is -2.11. The number of hydrogen-bond acceptors (Lipinski definition) is 2. The molecule has 0 fully saturated rings. The van der Waals surface area contributed by atoms with Gasteiger partial charge in [-0.15, -0.1) is 0 Å². The first-order chi connectivity index (χ1) is 15.5. The number of pyridine rings is 1. The second-order valence-electron chi connectivity index (χ2n) is 7.90. The number of hydrogen-bond donors (Lipinski definition) is 0. The van der Waals surface area contributed by atoms with Crippen LogP contribution in [0, 0.1) is 18.6 Å². The third-order valence-corrected chi connectivity index (χ3v) is 5.60. The van der Waals surface area contributed by atoms with Crippen molar-refractivity contribution in [2.45, 2.75) is 26.2 Å². The van der Waals surface area contributed by atoms with Crippen LogP contribution in [0.25, 0.3) is 11.1 Å². The predicted octanol–water partition coefficient (Wildman–Crippen LogP) is 6.55. The molecular formula is C28H23F2NO. The summed E-state index contributed by atoms with van der Waals surface area (Å²) in [5, 5.41) is 0. The molecule has 0 aliphatic rings. The van der Waals surface area contributed by atoms with E-state index in [2.05, 4.69) is 36.2 Å². The number of halogens is 2. The van der Waals surface area contributed by atoms with E-state index in [1.54, 1.807) is 6.20 Å². The quantitative estimate of drug-likeness (QED) is 0.313. The van der Waals surface area contributed by atoms with Crippen molar-refractivity contribution in [3.63, 3.8) is 0 Å². The summed E-state index contributed by atoms with van der Waals surface area (Å²) in [6, 6.07) is 21.5. The number of benzene rings is 3. The number of aryl methyl sites for hydroxylation is 3. The Bertz CT molecular complexity index is 1210. The van der Waals surface area contributed by atoms with Gasteiger partial charge in [0.25, 0.3) is 0 Å². The van der Waals surface area contributed by atoms with Crippen LogP contribution in [0.4, 0.5) is 8.78 Å². The van der Waals surface area contributed by atoms with E-state index in [-0.39, 0.29) is 6.42 Å². The summed E-state index contributed by atoms with van der Waals surface area (Å²) in [4.78, 5) is 16.6. The van der Waals surface area contributed by atoms with Crippen molar-refractivity contribution < 1.29 is 13.6 Å². The molecule has 32 heavy (non-hydrogen) atoms. The highest BCUT2D eigenvalue weighted by molar-refractivity contribution is 5.98. The lowest BCUT2D eigenvalue weighted by molar-refractivity contribution is 0.0985. The van der Waals surface area contributed by atoms with Crippen LogP contribution in [0.3, 0.4) is 0 Å². The Morgan fingerprint density at radius 2 is 1.50 bits per heavy atom. The molecule has 0 unspecified atom stereocenters. The number of rotatable bonds is 7. The highest BCUT2D eigenvalue weighted by Gasteiger charge is 2.17. The molecular weight excluding hydrogens is 404 g/mol. The van der Waals surface area contributed by atoms with Gasteiger partial charge in [0.05, 0.1) is 5.56 Å². The first-order valence-electron chi connectivity index (χ1n) is 10.6. The van der Waals surface area contributed by atoms with Crippen LogP contribution in [0.5, 0.6) is 0 Å². The van der Waals surface area contributed by atoms with Gasteiger partial charge in [0.2, 0.25) is 0 Å². The van der Waals surface area contributed by atoms with Crippen LogP contribution in [-0.4, -0.2) is 10.8 Å². The topological polar surface area (TPSA) is 30.0 Å². The molecule has 1 heterocycles. The minimum absolute atomic E-state index is 0.0533. The maximum absolute atomic E-state index is 13.9. The maximum Gasteiger partial charge on any atom is 0.173 e. The number of nitrogens with zero attached hydrogens (tertiary/aromatic N) is 1. The van der Waals surface area contributed by atoms with Crippen LogP contribution < -0.4 is 0 Å². The first-order valence-corrected chi connectivity index (χ1v) is 10.6. The van der Waals surface area contributed by atoms with Crippen molar-refractivity contribution >= 4 is 5.78 Å². The molecule has 0 atom stereocenters. The van der Waals surface area contributed by atoms with Gasteiger partial charge in [-0.3, -0.25) is 9.78 Å². The largest absolute Gasteiger partial charge is 0.294 e. The van der Waals surface area contributed by atoms with Gasteiger partial charge in [-0.1, -0.05) is 54.6 Å². The third kappa shape index (κ3) is 4.97. The van der Waals surface area contributed by atoms with Crippen LogP contribution in [0.2, 0.25) is 0 Å². The van der Waals surface area contributed by atoms with Crippen LogP contribution >= 0.6 is 0 Å². The van der Waals surface area contributed by atoms with Gasteiger partial charge in [0, 0.05) is 18.8 Å². The van der Waals surface area contributed by atoms with Crippen LogP contribution in [-0.2, 0) is 19.3 Å². The molecule has 0 radical (unpaired) electrons. The summed E-state index contributed by atoms with van der Waals surface area (Å²) in [5.41, 5.74) is 6.01. The second-order valence-corrected chi connectivity index (χ2v) is 7.90. The van der Waals surface area contributed by atoms with Crippen molar-refractivity contribution in [1.82, 2.24) is 4.98 Å². The summed E-state index contributed by atoms with van der Waals surface area (Å²) in [6.07, 6.45) is 5.45. The Morgan fingerprint density at radius 1 is 0.812 bits per heavy atom. The zero-order valence-corrected chi connectivity index (χ0v) is 17.8. The van der Waals surface area contributed by atoms with Crippen molar-refractivity contribution in [2.24, 2.45) is 0 Å². The Kier molecular flexibility index (Phi) is 6.50. The SMILES string of the molecule is Cc1ccc(CCc2cccnc2)cc1-c1ccc(CC(=O)c2c(F)cccc2F)cc1. The molecule has 2 nitrogen and oxygen atoms in total. The van der Waals surface area contributed by atoms with Gasteiger partial charge in [0.1, 0.15) is 11.6 Å². The van der Waals surface area contributed by atoms with Crippen LogP contribution in [0.1, 0.15) is 32.6 Å². The monoisotopic (exact) mass is 427 g/mol. The van der Waals surface area contributed by atoms with Crippen LogP contribution in [0.15, 0.2) is 85.2 Å². The molecule has 4 rings (SSSR count). The molecule has 4 heteroatoms. The fourth-order valence-electron chi connectivity index (χ4n) is 3.81. The number of carbonyl (C=O) groups is 1. The second kappa shape index (κ2) is 9.65. The van der Waals surface area contributed by atoms with E-state index in [9.17, 15) is 13.6 Å². The molecule has 0 aliphatic carbocycles. The Morgan fingerprint density at radius 3 is 2.19 bits per heavy atom. The summed E-state index contributed by atoms with van der Waals surface area (Å²) in [6.45, 7) is 2.07. The molecule has 0 aliphatic heterocycles. The fraction of sp³-hybridized carbons (Fsp3) is 0.143. The lowest BCUT2D eigenvalue weighted by atomic mass is 9.94. The minimum atomic E-state index is -0.828. The zero-order chi connectivity index (χ0) is 22.5. The summed E-state index contributed by atoms with van der Waals surface area (Å²) in [7, 11) is 0. The highest BCUT2D eigenvalue weighted by atomic mass is 19.1. The van der Waals surface area contributed by atoms with Gasteiger partial charge < -0.3 is 0 Å². The van der Waals surface area contributed by atoms with E-state index in [1.165, 1.54) is 17.2 Å². The number of aromatic nitrogens is 1. The van der Waals surface area contributed by atoms with Gasteiger partial charge in [-0.2, -0.15) is 0 Å². The Hall–Kier alpha value is -3.66. The molecule has 1 aromatic heterocycles. The molecule has 0 saturated carbocycles. The lowest BCUT2D eigenvalue weighted by Crippen LogP contribution is -2.09. The van der Waals surface area contributed by atoms with E-state index in [4.69, 9.17) is 0 Å². The van der Waals surface area contributed by atoms with E-state index in [1.807, 2.05) is 36.5 Å². The molecule has 0 bridgehead atoms. The van der Waals surface area contributed by atoms with E-state index in [0.29, 0.717) is 5.56 Å². The van der Waals surface area contributed by atoms with Crippen molar-refractivity contribution in [3.8, 4) is 11.1 Å². The standard InChI is InChI=1S/C28H23F2NO/c1-19-7-8-20(9-10-22-4-3-15-31-18-22)16-24(19)23-13-11-21(12-14-23)17-27(32)28-25(29)5-2-6-26(28)30/h2-8,11-16,18H,9-10,17H2,1H3. The predicted molar refractivity (Wildman–Crippen MR) is 123 cm³/mol. The van der Waals surface area contributed by atoms with Crippen molar-refractivity contribution in [2.75, 3.05) is 0 Å². The molecule has 4 aromatic rings. The van der Waals surface area contributed by atoms with E-state index < -0.39 is 23.0 Å². The molecule has 0 N–H and O–H groups in total. The third-order valence-electron chi connectivity index (χ3n) is 5.60. The van der Waals surface area contributed by atoms with Gasteiger partial charge in [-0.25, -0.2) is 8.78 Å². The van der Waals surface area contributed by atoms with Gasteiger partial charge in [0.15, 0.2) is 5.78 Å². The summed E-state index contributed by atoms with van der Waals surface area (Å²) in [5.74, 6) is -2.22. The molecule has 0 saturated heterocycles. The van der Waals surface area contributed by atoms with Crippen molar-refractivity contribution in [3.05, 3.63) is 125 Å². The maximum atomic E-state index is 13.9. The Labute approximate surface area is 186 Å². The minimum Gasteiger partial charge on any atom is -0.294 e. The molecule has 0 amide bonds. The normalized spacial score (nSPS) is 10.8. The average molecular weight is 427 g/mol.